The van der Waals surface area contributed by atoms with Gasteiger partial charge in [-0.15, -0.1) is 0 Å². The van der Waals surface area contributed by atoms with E-state index in [2.05, 4.69) is 24.0 Å². The molecule has 25 heavy (non-hydrogen) atoms. The molecule has 0 radical (unpaired) electrons. The Hall–Kier alpha value is -1.95. The molecule has 0 saturated heterocycles. The van der Waals surface area contributed by atoms with Crippen LogP contribution in [0.5, 0.6) is 0 Å². The SMILES string of the molecule is CC(C)c1noc2nc(C3CC3)cc(C(=O)N(C)CC(C)(C)CN)c12. The lowest BCUT2D eigenvalue weighted by Gasteiger charge is -2.29. The highest BCUT2D eigenvalue weighted by Gasteiger charge is 2.31. The van der Waals surface area contributed by atoms with Crippen LogP contribution in [0.25, 0.3) is 11.1 Å². The van der Waals surface area contributed by atoms with Gasteiger partial charge in [-0.2, -0.15) is 0 Å². The van der Waals surface area contributed by atoms with E-state index in [-0.39, 0.29) is 17.2 Å². The van der Waals surface area contributed by atoms with Crippen LogP contribution in [0.3, 0.4) is 0 Å². The predicted octanol–water partition coefficient (Wildman–Crippen LogP) is 3.28. The van der Waals surface area contributed by atoms with Gasteiger partial charge in [0.25, 0.3) is 11.6 Å². The van der Waals surface area contributed by atoms with Gasteiger partial charge in [0.15, 0.2) is 0 Å². The summed E-state index contributed by atoms with van der Waals surface area (Å²) in [5.41, 5.74) is 8.55. The molecular weight excluding hydrogens is 316 g/mol. The number of rotatable bonds is 6. The molecule has 0 atom stereocenters. The van der Waals surface area contributed by atoms with E-state index in [1.54, 1.807) is 4.90 Å². The highest BCUT2D eigenvalue weighted by molar-refractivity contribution is 6.06. The Morgan fingerprint density at radius 1 is 1.44 bits per heavy atom. The van der Waals surface area contributed by atoms with E-state index in [9.17, 15) is 4.79 Å². The molecule has 136 valence electrons. The molecule has 2 N–H and O–H groups in total. The molecule has 2 aromatic heterocycles. The van der Waals surface area contributed by atoms with E-state index < -0.39 is 0 Å². The first-order valence-electron chi connectivity index (χ1n) is 8.99. The maximum Gasteiger partial charge on any atom is 0.259 e. The highest BCUT2D eigenvalue weighted by Crippen LogP contribution is 2.41. The molecule has 2 heterocycles. The number of amides is 1. The van der Waals surface area contributed by atoms with Crippen LogP contribution in [0, 0.1) is 5.41 Å². The fourth-order valence-electron chi connectivity index (χ4n) is 3.13. The van der Waals surface area contributed by atoms with Gasteiger partial charge in [-0.1, -0.05) is 32.9 Å². The van der Waals surface area contributed by atoms with Gasteiger partial charge in [0, 0.05) is 25.2 Å². The van der Waals surface area contributed by atoms with Gasteiger partial charge < -0.3 is 15.2 Å². The number of pyridine rings is 1. The van der Waals surface area contributed by atoms with Crippen molar-refractivity contribution in [2.75, 3.05) is 20.1 Å². The first-order chi connectivity index (χ1) is 11.7. The van der Waals surface area contributed by atoms with Crippen LogP contribution in [-0.4, -0.2) is 41.1 Å². The lowest BCUT2D eigenvalue weighted by molar-refractivity contribution is 0.0742. The lowest BCUT2D eigenvalue weighted by atomic mass is 9.92. The summed E-state index contributed by atoms with van der Waals surface area (Å²) in [7, 11) is 1.82. The third-order valence-electron chi connectivity index (χ3n) is 4.83. The number of carbonyl (C=O) groups excluding carboxylic acids is 1. The molecule has 1 amide bonds. The van der Waals surface area contributed by atoms with Crippen molar-refractivity contribution >= 4 is 17.0 Å². The maximum absolute atomic E-state index is 13.2. The molecule has 0 bridgehead atoms. The number of nitrogens with two attached hydrogens (primary N) is 1. The van der Waals surface area contributed by atoms with Gasteiger partial charge in [0.2, 0.25) is 0 Å². The van der Waals surface area contributed by atoms with E-state index in [1.165, 1.54) is 0 Å². The third-order valence-corrected chi connectivity index (χ3v) is 4.83. The zero-order chi connectivity index (χ0) is 18.4. The molecule has 6 heteroatoms. The Balaban J connectivity index is 2.06. The van der Waals surface area contributed by atoms with Crippen LogP contribution in [0.1, 0.15) is 74.1 Å². The van der Waals surface area contributed by atoms with Gasteiger partial charge in [0.05, 0.1) is 16.6 Å². The second kappa shape index (κ2) is 6.41. The van der Waals surface area contributed by atoms with Crippen LogP contribution in [0.15, 0.2) is 10.6 Å². The predicted molar refractivity (Wildman–Crippen MR) is 97.7 cm³/mol. The quantitative estimate of drug-likeness (QED) is 0.869. The Labute approximate surface area is 148 Å². The second-order valence-corrected chi connectivity index (χ2v) is 8.30. The van der Waals surface area contributed by atoms with Gasteiger partial charge >= 0.3 is 0 Å². The van der Waals surface area contributed by atoms with E-state index in [0.29, 0.717) is 30.3 Å². The molecule has 1 aliphatic rings. The highest BCUT2D eigenvalue weighted by atomic mass is 16.5. The minimum Gasteiger partial charge on any atom is -0.341 e. The third kappa shape index (κ3) is 3.54. The zero-order valence-electron chi connectivity index (χ0n) is 15.8. The summed E-state index contributed by atoms with van der Waals surface area (Å²) in [5.74, 6) is 0.572. The molecule has 0 aromatic carbocycles. The van der Waals surface area contributed by atoms with Crippen LogP contribution in [0.2, 0.25) is 0 Å². The summed E-state index contributed by atoms with van der Waals surface area (Å²) in [4.78, 5) is 19.6. The van der Waals surface area contributed by atoms with Crippen molar-refractivity contribution in [1.82, 2.24) is 15.0 Å². The lowest BCUT2D eigenvalue weighted by Crippen LogP contribution is -2.39. The van der Waals surface area contributed by atoms with Crippen molar-refractivity contribution in [1.29, 1.82) is 0 Å². The number of fused-ring (bicyclic) bond motifs is 1. The Morgan fingerprint density at radius 3 is 2.68 bits per heavy atom. The van der Waals surface area contributed by atoms with Crippen molar-refractivity contribution in [3.05, 3.63) is 23.0 Å². The molecule has 1 saturated carbocycles. The van der Waals surface area contributed by atoms with Gasteiger partial charge in [0.1, 0.15) is 0 Å². The summed E-state index contributed by atoms with van der Waals surface area (Å²) >= 11 is 0. The number of hydrogen-bond acceptors (Lipinski definition) is 5. The summed E-state index contributed by atoms with van der Waals surface area (Å²) in [6.45, 7) is 9.33. The van der Waals surface area contributed by atoms with Crippen molar-refractivity contribution in [2.24, 2.45) is 11.1 Å². The molecule has 3 rings (SSSR count). The molecule has 0 aliphatic heterocycles. The standard InChI is InChI=1S/C19H28N4O2/c1-11(2)16-15-13(18(24)23(5)10-19(3,4)9-20)8-14(12-6-7-12)21-17(15)25-22-16/h8,11-12H,6-7,9-10,20H2,1-5H3. The van der Waals surface area contributed by atoms with Crippen LogP contribution in [-0.2, 0) is 0 Å². The minimum absolute atomic E-state index is 0.0269. The van der Waals surface area contributed by atoms with Crippen molar-refractivity contribution in [2.45, 2.75) is 52.4 Å². The van der Waals surface area contributed by atoms with Crippen molar-refractivity contribution in [3.8, 4) is 0 Å². The van der Waals surface area contributed by atoms with Crippen molar-refractivity contribution in [3.63, 3.8) is 0 Å². The van der Waals surface area contributed by atoms with E-state index >= 15 is 0 Å². The zero-order valence-corrected chi connectivity index (χ0v) is 15.8. The number of carbonyl (C=O) groups is 1. The maximum atomic E-state index is 13.2. The fraction of sp³-hybridized carbons (Fsp3) is 0.632. The van der Waals surface area contributed by atoms with E-state index in [1.807, 2.05) is 27.0 Å². The molecule has 2 aromatic rings. The Morgan fingerprint density at radius 2 is 2.12 bits per heavy atom. The number of nitrogens with zero attached hydrogens (tertiary/aromatic N) is 3. The molecule has 1 aliphatic carbocycles. The monoisotopic (exact) mass is 344 g/mol. The van der Waals surface area contributed by atoms with Crippen molar-refractivity contribution < 1.29 is 9.32 Å². The number of hydrogen-bond donors (Lipinski definition) is 1. The fourth-order valence-corrected chi connectivity index (χ4v) is 3.13. The van der Waals surface area contributed by atoms with Gasteiger partial charge in [-0.05, 0) is 36.8 Å². The average molecular weight is 344 g/mol. The first kappa shape index (κ1) is 17.9. The van der Waals surface area contributed by atoms with Gasteiger partial charge in [-0.25, -0.2) is 4.98 Å². The summed E-state index contributed by atoms with van der Waals surface area (Å²) in [6.07, 6.45) is 2.24. The first-order valence-corrected chi connectivity index (χ1v) is 8.99. The molecule has 1 fully saturated rings. The van der Waals surface area contributed by atoms with E-state index in [0.717, 1.165) is 29.6 Å². The van der Waals surface area contributed by atoms with E-state index in [4.69, 9.17) is 10.3 Å². The Kier molecular flexibility index (Phi) is 4.58. The van der Waals surface area contributed by atoms with Crippen LogP contribution in [0.4, 0.5) is 0 Å². The average Bonchev–Trinajstić information content (AvgIpc) is 3.31. The summed E-state index contributed by atoms with van der Waals surface area (Å²) in [6, 6.07) is 1.94. The normalized spacial score (nSPS) is 15.2. The topological polar surface area (TPSA) is 85.2 Å². The minimum atomic E-state index is -0.134. The Bertz CT molecular complexity index is 790. The van der Waals surface area contributed by atoms with Crippen LogP contribution >= 0.6 is 0 Å². The summed E-state index contributed by atoms with van der Waals surface area (Å²) < 4.78 is 5.47. The molecule has 0 spiro atoms. The smallest absolute Gasteiger partial charge is 0.259 e. The van der Waals surface area contributed by atoms with Crippen LogP contribution < -0.4 is 5.73 Å². The molecular formula is C19H28N4O2. The molecule has 6 nitrogen and oxygen atoms in total. The number of aromatic nitrogens is 2. The molecule has 0 unspecified atom stereocenters. The van der Waals surface area contributed by atoms with Gasteiger partial charge in [-0.3, -0.25) is 4.79 Å². The second-order valence-electron chi connectivity index (χ2n) is 8.30. The summed E-state index contributed by atoms with van der Waals surface area (Å²) in [5, 5.41) is 4.93. The largest absolute Gasteiger partial charge is 0.341 e.